The second-order valence-corrected chi connectivity index (χ2v) is 5.60. The zero-order valence-corrected chi connectivity index (χ0v) is 14.2. The Morgan fingerprint density at radius 2 is 1.89 bits per heavy atom. The Kier molecular flexibility index (Phi) is 4.98. The number of hydrogen-bond donors (Lipinski definition) is 2. The minimum atomic E-state index is -0.602. The molecular formula is C19H15N3O5. The zero-order chi connectivity index (χ0) is 19.4. The van der Waals surface area contributed by atoms with Crippen LogP contribution in [-0.4, -0.2) is 29.3 Å². The standard InChI is InChI=1S/C19H15N3O5/c1-27-18-10-13-5-3-2-4-12(13)9-16(18)19(24)21-20-11-14-8-15(23)6-7-17(14)22(25)26/h2-11,23H,1H3,(H,21,24)/b20-11-. The van der Waals surface area contributed by atoms with Gasteiger partial charge in [0.25, 0.3) is 11.6 Å². The lowest BCUT2D eigenvalue weighted by Gasteiger charge is -2.09. The summed E-state index contributed by atoms with van der Waals surface area (Å²) < 4.78 is 5.27. The van der Waals surface area contributed by atoms with Crippen LogP contribution in [0.25, 0.3) is 10.8 Å². The number of hydrogen-bond acceptors (Lipinski definition) is 6. The van der Waals surface area contributed by atoms with E-state index in [1.807, 2.05) is 24.3 Å². The number of carbonyl (C=O) groups is 1. The third-order valence-electron chi connectivity index (χ3n) is 3.89. The van der Waals surface area contributed by atoms with E-state index in [2.05, 4.69) is 10.5 Å². The number of nitrogens with one attached hydrogen (secondary N) is 1. The van der Waals surface area contributed by atoms with Crippen molar-refractivity contribution in [1.82, 2.24) is 5.43 Å². The fourth-order valence-electron chi connectivity index (χ4n) is 2.60. The SMILES string of the molecule is COc1cc2ccccc2cc1C(=O)N/N=C\c1cc(O)ccc1[N+](=O)[O-]. The van der Waals surface area contributed by atoms with Crippen molar-refractivity contribution in [3.63, 3.8) is 0 Å². The average Bonchev–Trinajstić information content (AvgIpc) is 2.66. The molecule has 0 atom stereocenters. The van der Waals surface area contributed by atoms with Crippen molar-refractivity contribution >= 4 is 28.6 Å². The summed E-state index contributed by atoms with van der Waals surface area (Å²) in [4.78, 5) is 22.9. The third kappa shape index (κ3) is 3.84. The molecule has 0 aromatic heterocycles. The van der Waals surface area contributed by atoms with E-state index < -0.39 is 10.8 Å². The smallest absolute Gasteiger partial charge is 0.278 e. The third-order valence-corrected chi connectivity index (χ3v) is 3.89. The number of nitro groups is 1. The average molecular weight is 365 g/mol. The number of fused-ring (bicyclic) bond motifs is 1. The molecule has 0 aliphatic rings. The number of ether oxygens (including phenoxy) is 1. The molecule has 0 bridgehead atoms. The fraction of sp³-hybridized carbons (Fsp3) is 0.0526. The first-order valence-corrected chi connectivity index (χ1v) is 7.87. The van der Waals surface area contributed by atoms with Crippen molar-refractivity contribution in [2.45, 2.75) is 0 Å². The first-order valence-electron chi connectivity index (χ1n) is 7.87. The predicted octanol–water partition coefficient (Wildman–Crippen LogP) is 3.23. The number of rotatable bonds is 5. The molecule has 0 fully saturated rings. The van der Waals surface area contributed by atoms with Crippen LogP contribution >= 0.6 is 0 Å². The van der Waals surface area contributed by atoms with E-state index in [9.17, 15) is 20.0 Å². The van der Waals surface area contributed by atoms with Crippen LogP contribution in [0.4, 0.5) is 5.69 Å². The van der Waals surface area contributed by atoms with Crippen molar-refractivity contribution in [3.05, 3.63) is 75.8 Å². The molecule has 0 unspecified atom stereocenters. The van der Waals surface area contributed by atoms with Crippen LogP contribution < -0.4 is 10.2 Å². The van der Waals surface area contributed by atoms with E-state index in [1.54, 1.807) is 12.1 Å². The molecule has 27 heavy (non-hydrogen) atoms. The number of benzene rings is 3. The van der Waals surface area contributed by atoms with Gasteiger partial charge in [0.2, 0.25) is 0 Å². The lowest BCUT2D eigenvalue weighted by molar-refractivity contribution is -0.385. The summed E-state index contributed by atoms with van der Waals surface area (Å²) in [6.07, 6.45) is 1.10. The van der Waals surface area contributed by atoms with Crippen molar-refractivity contribution in [2.24, 2.45) is 5.10 Å². The Labute approximate surface area is 153 Å². The van der Waals surface area contributed by atoms with Crippen LogP contribution in [0.3, 0.4) is 0 Å². The van der Waals surface area contributed by atoms with Gasteiger partial charge in [-0.05, 0) is 35.0 Å². The number of methoxy groups -OCH3 is 1. The summed E-state index contributed by atoms with van der Waals surface area (Å²) in [5.41, 5.74) is 2.41. The molecule has 0 heterocycles. The van der Waals surface area contributed by atoms with Crippen LogP contribution in [0.5, 0.6) is 11.5 Å². The summed E-state index contributed by atoms with van der Waals surface area (Å²) in [6.45, 7) is 0. The van der Waals surface area contributed by atoms with Crippen molar-refractivity contribution in [3.8, 4) is 11.5 Å². The topological polar surface area (TPSA) is 114 Å². The summed E-state index contributed by atoms with van der Waals surface area (Å²) in [6, 6.07) is 14.5. The molecule has 3 aromatic rings. The van der Waals surface area contributed by atoms with Crippen molar-refractivity contribution in [1.29, 1.82) is 0 Å². The van der Waals surface area contributed by atoms with Crippen LogP contribution in [0.2, 0.25) is 0 Å². The maximum absolute atomic E-state index is 12.5. The van der Waals surface area contributed by atoms with Crippen LogP contribution in [0, 0.1) is 10.1 Å². The van der Waals surface area contributed by atoms with E-state index in [4.69, 9.17) is 4.74 Å². The normalized spacial score (nSPS) is 10.9. The first kappa shape index (κ1) is 17.9. The number of nitro benzene ring substituents is 1. The number of carbonyl (C=O) groups excluding carboxylic acids is 1. The maximum atomic E-state index is 12.5. The molecule has 0 radical (unpaired) electrons. The lowest BCUT2D eigenvalue weighted by atomic mass is 10.1. The molecular weight excluding hydrogens is 350 g/mol. The number of amides is 1. The molecule has 8 heteroatoms. The highest BCUT2D eigenvalue weighted by Gasteiger charge is 2.15. The molecule has 1 amide bonds. The minimum Gasteiger partial charge on any atom is -0.508 e. The van der Waals surface area contributed by atoms with Gasteiger partial charge >= 0.3 is 0 Å². The van der Waals surface area contributed by atoms with E-state index in [-0.39, 0.29) is 22.6 Å². The zero-order valence-electron chi connectivity index (χ0n) is 14.2. The number of aromatic hydroxyl groups is 1. The summed E-state index contributed by atoms with van der Waals surface area (Å²) in [7, 11) is 1.46. The summed E-state index contributed by atoms with van der Waals surface area (Å²) >= 11 is 0. The fourth-order valence-corrected chi connectivity index (χ4v) is 2.60. The number of phenols is 1. The Morgan fingerprint density at radius 1 is 1.19 bits per heavy atom. The van der Waals surface area contributed by atoms with Gasteiger partial charge in [0.1, 0.15) is 11.5 Å². The van der Waals surface area contributed by atoms with E-state index in [0.717, 1.165) is 23.1 Å². The monoisotopic (exact) mass is 365 g/mol. The second-order valence-electron chi connectivity index (χ2n) is 5.60. The predicted molar refractivity (Wildman–Crippen MR) is 100 cm³/mol. The molecule has 136 valence electrons. The minimum absolute atomic E-state index is 0.0609. The summed E-state index contributed by atoms with van der Waals surface area (Å²) in [5.74, 6) is -0.300. The molecule has 0 saturated heterocycles. The highest BCUT2D eigenvalue weighted by molar-refractivity contribution is 6.02. The van der Waals surface area contributed by atoms with Crippen LogP contribution in [0.15, 0.2) is 59.7 Å². The largest absolute Gasteiger partial charge is 0.508 e. The van der Waals surface area contributed by atoms with Gasteiger partial charge in [0, 0.05) is 6.07 Å². The Morgan fingerprint density at radius 3 is 2.56 bits per heavy atom. The quantitative estimate of drug-likeness (QED) is 0.409. The molecule has 0 saturated carbocycles. The number of phenolic OH excluding ortho intramolecular Hbond substituents is 1. The van der Waals surface area contributed by atoms with Gasteiger partial charge in [-0.15, -0.1) is 0 Å². The molecule has 0 spiro atoms. The van der Waals surface area contributed by atoms with Gasteiger partial charge in [-0.3, -0.25) is 14.9 Å². The van der Waals surface area contributed by atoms with Gasteiger partial charge in [0.15, 0.2) is 0 Å². The molecule has 0 aliphatic heterocycles. The summed E-state index contributed by atoms with van der Waals surface area (Å²) in [5, 5.41) is 26.0. The van der Waals surface area contributed by atoms with Gasteiger partial charge in [-0.25, -0.2) is 5.43 Å². The van der Waals surface area contributed by atoms with E-state index in [0.29, 0.717) is 5.75 Å². The maximum Gasteiger partial charge on any atom is 0.278 e. The highest BCUT2D eigenvalue weighted by Crippen LogP contribution is 2.26. The van der Waals surface area contributed by atoms with Crippen molar-refractivity contribution < 1.29 is 19.6 Å². The highest BCUT2D eigenvalue weighted by atomic mass is 16.6. The first-order chi connectivity index (χ1) is 13.0. The molecule has 0 aliphatic carbocycles. The van der Waals surface area contributed by atoms with Gasteiger partial charge in [-0.1, -0.05) is 24.3 Å². The molecule has 3 aromatic carbocycles. The van der Waals surface area contributed by atoms with Gasteiger partial charge < -0.3 is 9.84 Å². The Hall–Kier alpha value is -3.94. The molecule has 2 N–H and O–H groups in total. The van der Waals surface area contributed by atoms with E-state index >= 15 is 0 Å². The Balaban J connectivity index is 1.86. The number of nitrogens with zero attached hydrogens (tertiary/aromatic N) is 2. The van der Waals surface area contributed by atoms with Gasteiger partial charge in [-0.2, -0.15) is 5.10 Å². The Bertz CT molecular complexity index is 1060. The lowest BCUT2D eigenvalue weighted by Crippen LogP contribution is -2.18. The number of hydrazone groups is 1. The molecule has 3 rings (SSSR count). The van der Waals surface area contributed by atoms with Crippen molar-refractivity contribution in [2.75, 3.05) is 7.11 Å². The van der Waals surface area contributed by atoms with Crippen LogP contribution in [-0.2, 0) is 0 Å². The van der Waals surface area contributed by atoms with Crippen LogP contribution in [0.1, 0.15) is 15.9 Å². The molecule has 8 nitrogen and oxygen atoms in total. The second kappa shape index (κ2) is 7.52. The van der Waals surface area contributed by atoms with E-state index in [1.165, 1.54) is 19.2 Å². The van der Waals surface area contributed by atoms with Gasteiger partial charge in [0.05, 0.1) is 29.4 Å².